The van der Waals surface area contributed by atoms with Crippen molar-refractivity contribution in [1.29, 1.82) is 0 Å². The fourth-order valence-corrected chi connectivity index (χ4v) is 3.56. The van der Waals surface area contributed by atoms with Crippen LogP contribution in [0.25, 0.3) is 0 Å². The third kappa shape index (κ3) is 11.8. The van der Waals surface area contributed by atoms with Crippen LogP contribution in [0.4, 0.5) is 4.79 Å². The Hall–Kier alpha value is -4.16. The number of carboxylic acids is 1. The lowest BCUT2D eigenvalue weighted by Crippen LogP contribution is -2.58. The van der Waals surface area contributed by atoms with Crippen LogP contribution >= 0.6 is 0 Å². The number of hydrogen-bond donors (Lipinski definition) is 6. The second-order valence-corrected chi connectivity index (χ2v) is 9.10. The highest BCUT2D eigenvalue weighted by atomic mass is 16.5. The number of aromatic hydroxyl groups is 1. The topological polar surface area (TPSA) is 200 Å². The molecular weight excluding hydrogens is 512 g/mol. The average Bonchev–Trinajstić information content (AvgIpc) is 2.87. The van der Waals surface area contributed by atoms with Gasteiger partial charge in [-0.05, 0) is 37.5 Å². The van der Waals surface area contributed by atoms with E-state index < -0.39 is 60.4 Å². The van der Waals surface area contributed by atoms with Crippen LogP contribution in [0.3, 0.4) is 0 Å². The van der Waals surface area contributed by atoms with Crippen molar-refractivity contribution in [2.45, 2.75) is 77.5 Å². The van der Waals surface area contributed by atoms with Crippen LogP contribution < -0.4 is 21.3 Å². The van der Waals surface area contributed by atoms with Crippen molar-refractivity contribution in [3.05, 3.63) is 29.8 Å². The molecule has 0 aliphatic carbocycles. The van der Waals surface area contributed by atoms with E-state index in [-0.39, 0.29) is 31.1 Å². The first-order chi connectivity index (χ1) is 18.4. The lowest BCUT2D eigenvalue weighted by Gasteiger charge is -2.28. The summed E-state index contributed by atoms with van der Waals surface area (Å²) in [7, 11) is 0. The van der Waals surface area contributed by atoms with Gasteiger partial charge in [0.1, 0.15) is 30.2 Å². The summed E-state index contributed by atoms with van der Waals surface area (Å²) in [6, 6.07) is 1.82. The minimum Gasteiger partial charge on any atom is -0.508 e. The number of hydrogen-bond acceptors (Lipinski definition) is 8. The number of aliphatic carboxylic acids is 1. The summed E-state index contributed by atoms with van der Waals surface area (Å²) < 4.78 is 4.90. The Labute approximate surface area is 227 Å². The molecule has 0 heterocycles. The van der Waals surface area contributed by atoms with E-state index in [0.29, 0.717) is 18.3 Å². The molecule has 0 aliphatic heterocycles. The molecule has 0 radical (unpaired) electrons. The van der Waals surface area contributed by atoms with Gasteiger partial charge in [0, 0.05) is 18.9 Å². The molecule has 1 aromatic rings. The second kappa shape index (κ2) is 16.6. The quantitative estimate of drug-likeness (QED) is 0.160. The van der Waals surface area contributed by atoms with Crippen molar-refractivity contribution >= 4 is 36.1 Å². The molecular formula is C26H38N4O9. The van der Waals surface area contributed by atoms with Crippen molar-refractivity contribution < 1.29 is 43.7 Å². The molecule has 0 aromatic heterocycles. The molecule has 0 saturated carbocycles. The molecule has 39 heavy (non-hydrogen) atoms. The van der Waals surface area contributed by atoms with Gasteiger partial charge in [0.25, 0.3) is 0 Å². The maximum Gasteiger partial charge on any atom is 0.407 e. The number of alkyl carbamates (subject to hydrolysis) is 1. The molecule has 6 N–H and O–H groups in total. The van der Waals surface area contributed by atoms with Crippen LogP contribution in [0.5, 0.6) is 5.75 Å². The van der Waals surface area contributed by atoms with Gasteiger partial charge in [-0.3, -0.25) is 19.2 Å². The summed E-state index contributed by atoms with van der Waals surface area (Å²) in [5.41, 5.74) is 0.630. The predicted octanol–water partition coefficient (Wildman–Crippen LogP) is 0.634. The van der Waals surface area contributed by atoms with Crippen LogP contribution in [0.2, 0.25) is 0 Å². The minimum absolute atomic E-state index is 0.0326. The van der Waals surface area contributed by atoms with Gasteiger partial charge in [-0.15, -0.1) is 0 Å². The fourth-order valence-electron chi connectivity index (χ4n) is 3.56. The van der Waals surface area contributed by atoms with Crippen LogP contribution in [-0.4, -0.2) is 77.1 Å². The normalized spacial score (nSPS) is 14.5. The molecule has 0 bridgehead atoms. The molecule has 13 heteroatoms. The van der Waals surface area contributed by atoms with Crippen molar-refractivity contribution in [1.82, 2.24) is 21.3 Å². The number of carbonyl (C=O) groups excluding carboxylic acids is 5. The largest absolute Gasteiger partial charge is 0.508 e. The fraction of sp³-hybridized carbons (Fsp3) is 0.538. The minimum atomic E-state index is -1.20. The predicted molar refractivity (Wildman–Crippen MR) is 140 cm³/mol. The second-order valence-electron chi connectivity index (χ2n) is 9.10. The third-order valence-electron chi connectivity index (χ3n) is 5.95. The SMILES string of the molecule is CCOC(=O)N[C@@H](Cc1ccc(O)cc1)C(=O)N[C@H](C(=O)N[C@@H](C)C(=O)N[C@H](CC=O)CC(=O)O)C(C)CC. The van der Waals surface area contributed by atoms with E-state index >= 15 is 0 Å². The van der Waals surface area contributed by atoms with Gasteiger partial charge >= 0.3 is 12.1 Å². The first-order valence-electron chi connectivity index (χ1n) is 12.7. The van der Waals surface area contributed by atoms with E-state index in [1.165, 1.54) is 19.1 Å². The standard InChI is InChI=1S/C26H38N4O9/c1-5-15(3)22(25(37)27-16(4)23(35)28-18(11-12-31)14-21(33)34)30-24(36)20(29-26(38)39-6-2)13-17-7-9-19(32)10-8-17/h7-10,12,15-16,18,20,22,32H,5-6,11,13-14H2,1-4H3,(H,27,37)(H,28,35)(H,29,38)(H,30,36)(H,33,34)/t15?,16-,18+,20-,22-/m0/s1. The first-order valence-corrected chi connectivity index (χ1v) is 12.7. The zero-order valence-corrected chi connectivity index (χ0v) is 22.6. The summed E-state index contributed by atoms with van der Waals surface area (Å²) in [6.45, 7) is 6.62. The number of carboxylic acid groups (broad SMARTS) is 1. The molecule has 1 unspecified atom stereocenters. The van der Waals surface area contributed by atoms with E-state index in [4.69, 9.17) is 9.84 Å². The Kier molecular flexibility index (Phi) is 14.0. The zero-order valence-electron chi connectivity index (χ0n) is 22.6. The van der Waals surface area contributed by atoms with E-state index in [9.17, 15) is 33.9 Å². The number of phenolic OH excluding ortho intramolecular Hbond substituents is 1. The van der Waals surface area contributed by atoms with Gasteiger partial charge in [-0.25, -0.2) is 4.79 Å². The number of phenols is 1. The number of carbonyl (C=O) groups is 6. The Morgan fingerprint density at radius 1 is 0.923 bits per heavy atom. The molecule has 4 amide bonds. The summed E-state index contributed by atoms with van der Waals surface area (Å²) in [5, 5.41) is 28.6. The van der Waals surface area contributed by atoms with E-state index in [1.54, 1.807) is 26.0 Å². The smallest absolute Gasteiger partial charge is 0.407 e. The van der Waals surface area contributed by atoms with Crippen LogP contribution in [0.1, 0.15) is 52.5 Å². The lowest BCUT2D eigenvalue weighted by molar-refractivity contribution is -0.138. The number of aldehydes is 1. The van der Waals surface area contributed by atoms with Gasteiger partial charge < -0.3 is 41.0 Å². The maximum atomic E-state index is 13.3. The molecule has 0 fully saturated rings. The average molecular weight is 551 g/mol. The summed E-state index contributed by atoms with van der Waals surface area (Å²) in [5.74, 6) is -3.55. The van der Waals surface area contributed by atoms with E-state index in [0.717, 1.165) is 0 Å². The number of rotatable bonds is 16. The third-order valence-corrected chi connectivity index (χ3v) is 5.95. The monoisotopic (exact) mass is 550 g/mol. The summed E-state index contributed by atoms with van der Waals surface area (Å²) in [6.07, 6.45) is -0.470. The Morgan fingerprint density at radius 2 is 1.56 bits per heavy atom. The maximum absolute atomic E-state index is 13.3. The molecule has 0 spiro atoms. The number of amides is 4. The van der Waals surface area contributed by atoms with Crippen molar-refractivity contribution in [2.75, 3.05) is 6.61 Å². The van der Waals surface area contributed by atoms with Crippen LogP contribution in [0, 0.1) is 5.92 Å². The van der Waals surface area contributed by atoms with Gasteiger partial charge in [-0.1, -0.05) is 32.4 Å². The van der Waals surface area contributed by atoms with Crippen molar-refractivity contribution in [3.63, 3.8) is 0 Å². The molecule has 1 rings (SSSR count). The molecule has 216 valence electrons. The Balaban J connectivity index is 3.02. The zero-order chi connectivity index (χ0) is 29.5. The van der Waals surface area contributed by atoms with Gasteiger partial charge in [0.05, 0.1) is 13.0 Å². The number of ether oxygens (including phenoxy) is 1. The van der Waals surface area contributed by atoms with Crippen molar-refractivity contribution in [2.24, 2.45) is 5.92 Å². The molecule has 0 aliphatic rings. The van der Waals surface area contributed by atoms with Crippen molar-refractivity contribution in [3.8, 4) is 5.75 Å². The Bertz CT molecular complexity index is 1000. The first kappa shape index (κ1) is 32.9. The highest BCUT2D eigenvalue weighted by molar-refractivity contribution is 5.94. The van der Waals surface area contributed by atoms with Gasteiger partial charge in [0.15, 0.2) is 0 Å². The van der Waals surface area contributed by atoms with Gasteiger partial charge in [-0.2, -0.15) is 0 Å². The molecule has 5 atom stereocenters. The summed E-state index contributed by atoms with van der Waals surface area (Å²) in [4.78, 5) is 72.8. The van der Waals surface area contributed by atoms with E-state index in [1.807, 2.05) is 6.92 Å². The molecule has 1 aromatic carbocycles. The number of nitrogens with one attached hydrogen (secondary N) is 4. The lowest BCUT2D eigenvalue weighted by atomic mass is 9.96. The van der Waals surface area contributed by atoms with E-state index in [2.05, 4.69) is 21.3 Å². The van der Waals surface area contributed by atoms with Crippen LogP contribution in [0.15, 0.2) is 24.3 Å². The highest BCUT2D eigenvalue weighted by Gasteiger charge is 2.32. The van der Waals surface area contributed by atoms with Gasteiger partial charge in [0.2, 0.25) is 17.7 Å². The molecule has 13 nitrogen and oxygen atoms in total. The number of benzene rings is 1. The summed E-state index contributed by atoms with van der Waals surface area (Å²) >= 11 is 0. The molecule has 0 saturated heterocycles. The highest BCUT2D eigenvalue weighted by Crippen LogP contribution is 2.13. The Morgan fingerprint density at radius 3 is 2.10 bits per heavy atom. The van der Waals surface area contributed by atoms with Crippen LogP contribution in [-0.2, 0) is 35.1 Å².